The average molecular weight is 706 g/mol. The highest BCUT2D eigenvalue weighted by atomic mass is 32.1. The maximum atomic E-state index is 13.7. The summed E-state index contributed by atoms with van der Waals surface area (Å²) in [6, 6.07) is 18.1. The highest BCUT2D eigenvalue weighted by Gasteiger charge is 2.26. The number of aromatic nitrogens is 2. The van der Waals surface area contributed by atoms with Crippen molar-refractivity contribution in [3.05, 3.63) is 104 Å². The van der Waals surface area contributed by atoms with Gasteiger partial charge in [0.2, 0.25) is 5.91 Å². The van der Waals surface area contributed by atoms with Crippen LogP contribution in [0.1, 0.15) is 65.7 Å². The van der Waals surface area contributed by atoms with Crippen molar-refractivity contribution in [2.24, 2.45) is 5.73 Å². The largest absolute Gasteiger partial charge is 0.444 e. The van der Waals surface area contributed by atoms with Crippen LogP contribution < -0.4 is 21.7 Å². The molecule has 0 fully saturated rings. The molecule has 0 aliphatic carbocycles. The van der Waals surface area contributed by atoms with Crippen LogP contribution in [0.2, 0.25) is 0 Å². The molecule has 0 aliphatic heterocycles. The molecule has 4 rings (SSSR count). The number of rotatable bonds is 18. The number of urea groups is 1. The summed E-state index contributed by atoms with van der Waals surface area (Å²) in [5, 5.41) is 12.1. The molecule has 3 atom stereocenters. The zero-order valence-corrected chi connectivity index (χ0v) is 30.0. The Kier molecular flexibility index (Phi) is 15.0. The molecule has 1 unspecified atom stereocenters. The Labute approximate surface area is 296 Å². The van der Waals surface area contributed by atoms with E-state index in [1.807, 2.05) is 66.0 Å². The van der Waals surface area contributed by atoms with Crippen LogP contribution in [0, 0.1) is 0 Å². The monoisotopic (exact) mass is 705 g/mol. The quantitative estimate of drug-likeness (QED) is 0.105. The summed E-state index contributed by atoms with van der Waals surface area (Å²) in [6.45, 7) is 4.86. The van der Waals surface area contributed by atoms with Crippen LogP contribution in [0.25, 0.3) is 0 Å². The van der Waals surface area contributed by atoms with E-state index in [4.69, 9.17) is 10.5 Å². The molecule has 13 heteroatoms. The van der Waals surface area contributed by atoms with Gasteiger partial charge in [-0.15, -0.1) is 22.7 Å². The highest BCUT2D eigenvalue weighted by Crippen LogP contribution is 2.20. The Morgan fingerprint density at radius 2 is 1.51 bits per heavy atom. The van der Waals surface area contributed by atoms with Crippen molar-refractivity contribution in [1.82, 2.24) is 30.8 Å². The highest BCUT2D eigenvalue weighted by molar-refractivity contribution is 7.09. The molecule has 4 aromatic rings. The first-order valence-electron chi connectivity index (χ1n) is 16.5. The summed E-state index contributed by atoms with van der Waals surface area (Å²) in [5.74, 6) is 0.00663. The van der Waals surface area contributed by atoms with E-state index in [0.29, 0.717) is 38.1 Å². The normalized spacial score (nSPS) is 12.9. The maximum Gasteiger partial charge on any atom is 0.407 e. The summed E-state index contributed by atoms with van der Waals surface area (Å²) in [4.78, 5) is 50.8. The van der Waals surface area contributed by atoms with E-state index >= 15 is 0 Å². The molecule has 2 aromatic heterocycles. The molecule has 0 saturated carbocycles. The van der Waals surface area contributed by atoms with Gasteiger partial charge in [0.05, 0.1) is 27.6 Å². The van der Waals surface area contributed by atoms with Gasteiger partial charge in [-0.25, -0.2) is 14.6 Å². The van der Waals surface area contributed by atoms with Crippen LogP contribution in [0.3, 0.4) is 0 Å². The summed E-state index contributed by atoms with van der Waals surface area (Å²) >= 11 is 3.00. The van der Waals surface area contributed by atoms with Crippen molar-refractivity contribution < 1.29 is 19.1 Å². The van der Waals surface area contributed by atoms with E-state index in [2.05, 4.69) is 39.8 Å². The minimum atomic E-state index is -0.820. The van der Waals surface area contributed by atoms with Crippen LogP contribution in [0.5, 0.6) is 0 Å². The summed E-state index contributed by atoms with van der Waals surface area (Å²) in [7, 11) is 1.68. The molecule has 4 amide bonds. The van der Waals surface area contributed by atoms with Crippen LogP contribution in [0.15, 0.2) is 77.8 Å². The maximum absolute atomic E-state index is 13.7. The standard InChI is InChI=1S/C36H47N7O4S2/c1-25(2)34-40-30(23-48-34)21-43(3)35(45)42-32(16-17-37)33(44)39-28(18-26-10-6-4-7-11-26)14-15-29(19-27-12-8-5-9-13-27)41-36(46)47-22-31-20-38-24-49-31/h4-13,20,23-25,28-29,32H,14-19,21-22,37H2,1-3H3,(H,39,44)(H,41,46)(H,42,45)/t28?,29-,32-/m0/s1. The van der Waals surface area contributed by atoms with E-state index < -0.39 is 12.1 Å². The summed E-state index contributed by atoms with van der Waals surface area (Å²) in [6.07, 6.45) is 3.76. The number of alkyl carbamates (subject to hydrolysis) is 1. The van der Waals surface area contributed by atoms with Gasteiger partial charge in [-0.05, 0) is 49.8 Å². The van der Waals surface area contributed by atoms with E-state index in [0.717, 1.165) is 26.7 Å². The lowest BCUT2D eigenvalue weighted by atomic mass is 9.95. The van der Waals surface area contributed by atoms with Gasteiger partial charge in [-0.1, -0.05) is 74.5 Å². The van der Waals surface area contributed by atoms with Crippen molar-refractivity contribution in [2.45, 2.75) is 83.1 Å². The Hall–Kier alpha value is -4.33. The second kappa shape index (κ2) is 19.6. The van der Waals surface area contributed by atoms with E-state index in [1.54, 1.807) is 30.1 Å². The predicted molar refractivity (Wildman–Crippen MR) is 194 cm³/mol. The molecule has 0 radical (unpaired) electrons. The van der Waals surface area contributed by atoms with Crippen molar-refractivity contribution in [1.29, 1.82) is 0 Å². The summed E-state index contributed by atoms with van der Waals surface area (Å²) in [5.41, 5.74) is 10.5. The second-order valence-electron chi connectivity index (χ2n) is 12.3. The Morgan fingerprint density at radius 3 is 2.06 bits per heavy atom. The molecular formula is C36H47N7O4S2. The molecular weight excluding hydrogens is 659 g/mol. The molecule has 0 spiro atoms. The van der Waals surface area contributed by atoms with Gasteiger partial charge in [0.15, 0.2) is 0 Å². The third-order valence-electron chi connectivity index (χ3n) is 7.89. The fraction of sp³-hybridized carbons (Fsp3) is 0.417. The minimum absolute atomic E-state index is 0.146. The van der Waals surface area contributed by atoms with E-state index in [9.17, 15) is 14.4 Å². The van der Waals surface area contributed by atoms with Crippen LogP contribution in [0.4, 0.5) is 9.59 Å². The van der Waals surface area contributed by atoms with E-state index in [1.165, 1.54) is 16.2 Å². The number of nitrogens with zero attached hydrogens (tertiary/aromatic N) is 3. The molecule has 0 aliphatic rings. The fourth-order valence-corrected chi connectivity index (χ4v) is 6.61. The van der Waals surface area contributed by atoms with Crippen molar-refractivity contribution >= 4 is 40.7 Å². The second-order valence-corrected chi connectivity index (χ2v) is 14.2. The Bertz CT molecular complexity index is 1570. The molecule has 5 N–H and O–H groups in total. The number of thiazole rings is 2. The van der Waals surface area contributed by atoms with Gasteiger partial charge < -0.3 is 31.3 Å². The molecule has 11 nitrogen and oxygen atoms in total. The van der Waals surface area contributed by atoms with Gasteiger partial charge >= 0.3 is 12.1 Å². The predicted octanol–water partition coefficient (Wildman–Crippen LogP) is 5.63. The zero-order chi connectivity index (χ0) is 35.0. The molecule has 0 saturated heterocycles. The van der Waals surface area contributed by atoms with Gasteiger partial charge in [0.1, 0.15) is 12.6 Å². The van der Waals surface area contributed by atoms with Gasteiger partial charge in [0, 0.05) is 36.6 Å². The first-order valence-corrected chi connectivity index (χ1v) is 18.3. The van der Waals surface area contributed by atoms with Crippen molar-refractivity contribution in [3.8, 4) is 0 Å². The minimum Gasteiger partial charge on any atom is -0.444 e. The fourth-order valence-electron chi connectivity index (χ4n) is 5.28. The molecule has 0 bridgehead atoms. The van der Waals surface area contributed by atoms with Crippen LogP contribution >= 0.6 is 22.7 Å². The lowest BCUT2D eigenvalue weighted by Crippen LogP contribution is -2.53. The lowest BCUT2D eigenvalue weighted by Gasteiger charge is -2.27. The molecule has 2 aromatic carbocycles. The van der Waals surface area contributed by atoms with Crippen molar-refractivity contribution in [2.75, 3.05) is 13.6 Å². The number of carbonyl (C=O) groups excluding carboxylic acids is 3. The smallest absolute Gasteiger partial charge is 0.407 e. The number of benzene rings is 2. The van der Waals surface area contributed by atoms with Crippen LogP contribution in [-0.2, 0) is 35.5 Å². The first-order chi connectivity index (χ1) is 23.7. The lowest BCUT2D eigenvalue weighted by molar-refractivity contribution is -0.123. The number of carbonyl (C=O) groups is 3. The Balaban J connectivity index is 1.42. The number of nitrogens with two attached hydrogens (primary N) is 1. The Morgan fingerprint density at radius 1 is 0.878 bits per heavy atom. The van der Waals surface area contributed by atoms with Crippen molar-refractivity contribution in [3.63, 3.8) is 0 Å². The van der Waals surface area contributed by atoms with Gasteiger partial charge in [0.25, 0.3) is 0 Å². The number of amides is 4. The van der Waals surface area contributed by atoms with Gasteiger partial charge in [-0.2, -0.15) is 0 Å². The molecule has 2 heterocycles. The third kappa shape index (κ3) is 12.9. The molecule has 262 valence electrons. The third-order valence-corrected chi connectivity index (χ3v) is 9.84. The number of hydrogen-bond donors (Lipinski definition) is 4. The topological polar surface area (TPSA) is 152 Å². The molecule has 49 heavy (non-hydrogen) atoms. The first kappa shape index (κ1) is 37.5. The zero-order valence-electron chi connectivity index (χ0n) is 28.3. The SMILES string of the molecule is CC(C)c1nc(CN(C)C(=O)N[C@@H](CCN)C(=O)NC(CC[C@@H](Cc2ccccc2)NC(=O)OCc2cncs2)Cc2ccccc2)cs1. The summed E-state index contributed by atoms with van der Waals surface area (Å²) < 4.78 is 5.48. The average Bonchev–Trinajstić information content (AvgIpc) is 3.80. The van der Waals surface area contributed by atoms with Gasteiger partial charge in [-0.3, -0.25) is 9.78 Å². The van der Waals surface area contributed by atoms with E-state index in [-0.39, 0.29) is 43.6 Å². The van der Waals surface area contributed by atoms with Crippen LogP contribution in [-0.4, -0.2) is 64.6 Å². The number of ether oxygens (including phenoxy) is 1. The number of hydrogen-bond acceptors (Lipinski definition) is 9. The number of nitrogens with one attached hydrogen (secondary N) is 3.